The number of fused-ring (bicyclic) bond motifs is 2. The summed E-state index contributed by atoms with van der Waals surface area (Å²) >= 11 is 0. The van der Waals surface area contributed by atoms with Gasteiger partial charge in [0.1, 0.15) is 41.2 Å². The van der Waals surface area contributed by atoms with E-state index in [9.17, 15) is 53.5 Å². The van der Waals surface area contributed by atoms with E-state index in [-0.39, 0.29) is 87.2 Å². The van der Waals surface area contributed by atoms with Crippen LogP contribution in [0, 0.1) is 115 Å². The normalized spacial score (nSPS) is 35.7. The van der Waals surface area contributed by atoms with E-state index in [1.165, 1.54) is 98.3 Å². The third kappa shape index (κ3) is 17.0. The SMILES string of the molecule is CCC(C)(C)C(=O)OC(C)(C)C(=O)OC1C2CC3C(=O)OC1C3C2.CCC(C)(C)C(=O)OC(C)(C)C(=O)OC1C2CC3C1OC(=O)C3(C#N)C2.CCC(C)(C)C(=O)OC(C)(C)C1CCCCC1.CCC(C)(C)C(=O)OC1(C)C2CC3CC(C2)CC1C3.CCC(C)(C)C(=O)OC12CC3CC(CC(O)(C3)C1)C2. The van der Waals surface area contributed by atoms with Crippen LogP contribution in [0.4, 0.5) is 0 Å². The van der Waals surface area contributed by atoms with Crippen molar-refractivity contribution >= 4 is 53.7 Å². The zero-order valence-electron chi connectivity index (χ0n) is 68.2. The molecule has 2 saturated heterocycles. The van der Waals surface area contributed by atoms with E-state index in [0.717, 1.165) is 69.6 Å². The summed E-state index contributed by atoms with van der Waals surface area (Å²) in [6.45, 7) is 41.3. The van der Waals surface area contributed by atoms with Gasteiger partial charge in [-0.25, -0.2) is 9.59 Å². The highest BCUT2D eigenvalue weighted by atomic mass is 16.6. The van der Waals surface area contributed by atoms with Gasteiger partial charge in [0.15, 0.2) is 5.41 Å². The maximum absolute atomic E-state index is 12.6. The van der Waals surface area contributed by atoms with Crippen molar-refractivity contribution in [2.75, 3.05) is 0 Å². The summed E-state index contributed by atoms with van der Waals surface area (Å²) in [5.41, 5.74) is -7.73. The molecule has 20 heteroatoms. The van der Waals surface area contributed by atoms with Crippen LogP contribution < -0.4 is 0 Å². The standard InChI is InChI=1S/C19H25NO6.C18H26O6.C17H28O2.C16H26O3.C15H28O2/c1-6-17(2,3)14(21)26-18(4,5)15(22)24-12-10-7-11-13(12)25-16(23)19(11,8-10)9-20;1-6-17(2,3)15(20)24-18(4,5)16(21)23-12-9-7-10-11(8-9)14(19)22-13(10)12;1-5-16(2,3)15(18)19-17(4)13-7-11-6-12(9-13)10-14(17)8-11;1-4-14(2,3)13(17)19-16-8-11-5-12(9-16)7-15(18,6-11)10-16;1-6-14(2,3)13(16)17-15(4,5)12-10-8-7-9-11-12/h10-13H,6-8H2,1-5H3;9-13H,6-8H2,1-5H3;11-14H,5-10H2,1-4H3;11-12,18H,4-10H2,1-3H3;12H,6-11H2,1-5H3. The summed E-state index contributed by atoms with van der Waals surface area (Å²) in [5, 5.41) is 20.1. The Morgan fingerprint density at radius 1 is 0.486 bits per heavy atom. The molecule has 12 bridgehead atoms. The van der Waals surface area contributed by atoms with E-state index in [0.29, 0.717) is 61.7 Å². The van der Waals surface area contributed by atoms with Gasteiger partial charge in [0.2, 0.25) is 11.2 Å². The maximum atomic E-state index is 12.6. The van der Waals surface area contributed by atoms with E-state index < -0.39 is 86.6 Å². The van der Waals surface area contributed by atoms with Crippen LogP contribution in [0.25, 0.3) is 0 Å². The molecule has 0 aromatic carbocycles. The van der Waals surface area contributed by atoms with Crippen LogP contribution in [0.3, 0.4) is 0 Å². The van der Waals surface area contributed by atoms with Gasteiger partial charge in [0, 0.05) is 30.1 Å². The average molecular weight is 1470 g/mol. The number of hydrogen-bond donors (Lipinski definition) is 1. The Labute approximate surface area is 627 Å². The smallest absolute Gasteiger partial charge is 0.350 e. The molecule has 1 N–H and O–H groups in total. The highest BCUT2D eigenvalue weighted by molar-refractivity contribution is 5.87. The Morgan fingerprint density at radius 2 is 0.914 bits per heavy atom. The lowest BCUT2D eigenvalue weighted by Crippen LogP contribution is -2.61. The molecule has 0 radical (unpaired) electrons. The molecule has 13 aliphatic carbocycles. The van der Waals surface area contributed by atoms with E-state index >= 15 is 0 Å². The summed E-state index contributed by atoms with van der Waals surface area (Å²) in [6.07, 6.45) is 22.9. The summed E-state index contributed by atoms with van der Waals surface area (Å²) in [7, 11) is 0. The fraction of sp³-hybridized carbons (Fsp3) is 0.882. The fourth-order valence-electron chi connectivity index (χ4n) is 19.9. The van der Waals surface area contributed by atoms with E-state index in [4.69, 9.17) is 42.6 Å². The van der Waals surface area contributed by atoms with Crippen LogP contribution in [-0.4, -0.2) is 117 Å². The molecule has 0 spiro atoms. The lowest BCUT2D eigenvalue weighted by atomic mass is 9.50. The van der Waals surface area contributed by atoms with Crippen molar-refractivity contribution in [3.8, 4) is 6.07 Å². The second-order valence-electron chi connectivity index (χ2n) is 39.9. The summed E-state index contributed by atoms with van der Waals surface area (Å²) in [5.74, 6) is 1.83. The minimum atomic E-state index is -1.44. The third-order valence-corrected chi connectivity index (χ3v) is 28.8. The molecule has 12 unspecified atom stereocenters. The first-order chi connectivity index (χ1) is 48.4. The topological polar surface area (TPSA) is 281 Å². The molecular weight excluding hydrogens is 1340 g/mol. The zero-order chi connectivity index (χ0) is 78.2. The quantitative estimate of drug-likeness (QED) is 0.0875. The largest absolute Gasteiger partial charge is 0.459 e. The molecule has 0 aromatic rings. The molecule has 15 rings (SSSR count). The molecule has 2 heterocycles. The van der Waals surface area contributed by atoms with Gasteiger partial charge in [-0.15, -0.1) is 0 Å². The molecule has 592 valence electrons. The maximum Gasteiger partial charge on any atom is 0.350 e. The number of nitriles is 1. The van der Waals surface area contributed by atoms with Crippen molar-refractivity contribution in [3.63, 3.8) is 0 Å². The van der Waals surface area contributed by atoms with Crippen LogP contribution >= 0.6 is 0 Å². The Balaban J connectivity index is 0.000000153. The van der Waals surface area contributed by atoms with E-state index in [2.05, 4.69) is 33.8 Å². The lowest BCUT2D eigenvalue weighted by Gasteiger charge is -2.59. The van der Waals surface area contributed by atoms with Gasteiger partial charge >= 0.3 is 53.7 Å². The van der Waals surface area contributed by atoms with Crippen molar-refractivity contribution in [2.45, 2.75) is 371 Å². The number of nitrogens with zero attached hydrogens (tertiary/aromatic N) is 1. The van der Waals surface area contributed by atoms with Gasteiger partial charge in [-0.05, 0) is 294 Å². The molecule has 20 nitrogen and oxygen atoms in total. The van der Waals surface area contributed by atoms with Gasteiger partial charge in [-0.3, -0.25) is 33.6 Å². The molecule has 2 aliphatic heterocycles. The van der Waals surface area contributed by atoms with Crippen molar-refractivity contribution in [2.24, 2.45) is 104 Å². The molecule has 0 aromatic heterocycles. The van der Waals surface area contributed by atoms with Crippen LogP contribution in [0.2, 0.25) is 0 Å². The molecule has 0 amide bonds. The Hall–Kier alpha value is -5.32. The number of carbonyl (C=O) groups excluding carboxylic acids is 9. The summed E-state index contributed by atoms with van der Waals surface area (Å²) in [6, 6.07) is 2.12. The average Bonchev–Trinajstić information content (AvgIpc) is 1.60. The fourth-order valence-corrected chi connectivity index (χ4v) is 19.9. The second-order valence-corrected chi connectivity index (χ2v) is 39.9. The second kappa shape index (κ2) is 30.2. The first-order valence-electron chi connectivity index (χ1n) is 40.6. The first kappa shape index (κ1) is 83.7. The van der Waals surface area contributed by atoms with E-state index in [1.807, 2.05) is 69.2 Å². The Kier molecular flexibility index (Phi) is 24.0. The van der Waals surface area contributed by atoms with E-state index in [1.54, 1.807) is 27.7 Å². The van der Waals surface area contributed by atoms with Crippen LogP contribution in [0.1, 0.15) is 313 Å². The van der Waals surface area contributed by atoms with Crippen molar-refractivity contribution in [1.82, 2.24) is 0 Å². The Bertz CT molecular complexity index is 3260. The number of ether oxygens (including phenoxy) is 9. The van der Waals surface area contributed by atoms with Gasteiger partial charge in [-0.1, -0.05) is 53.9 Å². The minimum absolute atomic E-state index is 0.0185. The lowest BCUT2D eigenvalue weighted by molar-refractivity contribution is -0.225. The van der Waals surface area contributed by atoms with Crippen molar-refractivity contribution in [3.05, 3.63) is 0 Å². The molecule has 12 atom stereocenters. The number of hydrogen-bond acceptors (Lipinski definition) is 20. The predicted molar refractivity (Wildman–Crippen MR) is 391 cm³/mol. The number of carbonyl (C=O) groups is 9. The van der Waals surface area contributed by atoms with Crippen LogP contribution in [0.15, 0.2) is 0 Å². The van der Waals surface area contributed by atoms with Crippen LogP contribution in [0.5, 0.6) is 0 Å². The van der Waals surface area contributed by atoms with Crippen molar-refractivity contribution < 1.29 is 90.9 Å². The van der Waals surface area contributed by atoms with Gasteiger partial charge in [-0.2, -0.15) is 5.26 Å². The number of esters is 9. The zero-order valence-corrected chi connectivity index (χ0v) is 68.2. The summed E-state index contributed by atoms with van der Waals surface area (Å²) in [4.78, 5) is 111. The molecule has 13 saturated carbocycles. The number of aliphatic hydroxyl groups is 1. The monoisotopic (exact) mass is 1470 g/mol. The molecule has 105 heavy (non-hydrogen) atoms. The minimum Gasteiger partial charge on any atom is -0.459 e. The third-order valence-electron chi connectivity index (χ3n) is 28.8. The van der Waals surface area contributed by atoms with Crippen molar-refractivity contribution in [1.29, 1.82) is 5.26 Å². The first-order valence-corrected chi connectivity index (χ1v) is 40.6. The van der Waals surface area contributed by atoms with Gasteiger partial charge in [0.05, 0.1) is 44.7 Å². The Morgan fingerprint density at radius 3 is 1.36 bits per heavy atom. The highest BCUT2D eigenvalue weighted by Gasteiger charge is 2.73. The molecule has 15 aliphatic rings. The van der Waals surface area contributed by atoms with Gasteiger partial charge < -0.3 is 47.7 Å². The highest BCUT2D eigenvalue weighted by Crippen LogP contribution is 2.64. The molecular formula is C85H133NO19. The predicted octanol–water partition coefficient (Wildman–Crippen LogP) is 15.9. The summed E-state index contributed by atoms with van der Waals surface area (Å²) < 4.78 is 50.8. The molecule has 15 fully saturated rings. The number of rotatable bonds is 20. The van der Waals surface area contributed by atoms with Gasteiger partial charge in [0.25, 0.3) is 0 Å². The van der Waals surface area contributed by atoms with Crippen LogP contribution in [-0.2, 0) is 85.8 Å².